The van der Waals surface area contributed by atoms with E-state index in [4.69, 9.17) is 5.11 Å². The Morgan fingerprint density at radius 3 is 2.62 bits per heavy atom. The third-order valence-corrected chi connectivity index (χ3v) is 5.47. The lowest BCUT2D eigenvalue weighted by Gasteiger charge is -2.06. The van der Waals surface area contributed by atoms with Gasteiger partial charge in [-0.3, -0.25) is 4.79 Å². The highest BCUT2D eigenvalue weighted by Gasteiger charge is 2.12. The third kappa shape index (κ3) is 4.53. The smallest absolute Gasteiger partial charge is 0.303 e. The fourth-order valence-corrected chi connectivity index (χ4v) is 3.39. The van der Waals surface area contributed by atoms with Gasteiger partial charge in [-0.2, -0.15) is 0 Å². The van der Waals surface area contributed by atoms with E-state index in [9.17, 15) is 9.90 Å². The van der Waals surface area contributed by atoms with Crippen molar-refractivity contribution in [3.05, 3.63) is 19.2 Å². The number of rotatable bonds is 6. The van der Waals surface area contributed by atoms with E-state index >= 15 is 0 Å². The molecule has 0 aliphatic rings. The SMILES string of the molecule is O=C(O)CCCCC(O)c1cc(Br)c(Br)s1. The summed E-state index contributed by atoms with van der Waals surface area (Å²) in [6, 6.07) is 1.89. The zero-order chi connectivity index (χ0) is 12.1. The molecule has 1 aromatic heterocycles. The predicted molar refractivity (Wildman–Crippen MR) is 70.8 cm³/mol. The summed E-state index contributed by atoms with van der Waals surface area (Å²) < 4.78 is 1.91. The van der Waals surface area contributed by atoms with Crippen molar-refractivity contribution in [3.8, 4) is 0 Å². The number of thiophene rings is 1. The van der Waals surface area contributed by atoms with Gasteiger partial charge in [-0.15, -0.1) is 11.3 Å². The first-order valence-electron chi connectivity index (χ1n) is 4.85. The average molecular weight is 372 g/mol. The molecule has 0 saturated carbocycles. The summed E-state index contributed by atoms with van der Waals surface area (Å²) >= 11 is 8.22. The molecule has 0 spiro atoms. The van der Waals surface area contributed by atoms with Crippen LogP contribution < -0.4 is 0 Å². The molecule has 3 nitrogen and oxygen atoms in total. The maximum Gasteiger partial charge on any atom is 0.303 e. The molecule has 16 heavy (non-hydrogen) atoms. The summed E-state index contributed by atoms with van der Waals surface area (Å²) in [5.74, 6) is -0.781. The molecule has 0 bridgehead atoms. The Kier molecular flexibility index (Phi) is 5.96. The number of carbonyl (C=O) groups is 1. The van der Waals surface area contributed by atoms with Crippen molar-refractivity contribution in [2.45, 2.75) is 31.8 Å². The molecule has 90 valence electrons. The summed E-state index contributed by atoms with van der Waals surface area (Å²) in [4.78, 5) is 11.2. The molecule has 1 aromatic rings. The molecule has 6 heteroatoms. The molecule has 0 aromatic carbocycles. The van der Waals surface area contributed by atoms with Crippen LogP contribution in [0, 0.1) is 0 Å². The number of halogens is 2. The fraction of sp³-hybridized carbons (Fsp3) is 0.500. The lowest BCUT2D eigenvalue weighted by molar-refractivity contribution is -0.137. The molecule has 0 radical (unpaired) electrons. The van der Waals surface area contributed by atoms with Crippen molar-refractivity contribution < 1.29 is 15.0 Å². The second-order valence-corrected chi connectivity index (χ2v) is 6.68. The van der Waals surface area contributed by atoms with Crippen molar-refractivity contribution in [3.63, 3.8) is 0 Å². The molecule has 1 unspecified atom stereocenters. The molecule has 0 aliphatic carbocycles. The molecule has 2 N–H and O–H groups in total. The van der Waals surface area contributed by atoms with Gasteiger partial charge in [0.25, 0.3) is 0 Å². The van der Waals surface area contributed by atoms with Crippen LogP contribution in [0.2, 0.25) is 0 Å². The van der Waals surface area contributed by atoms with E-state index in [1.807, 2.05) is 6.07 Å². The van der Waals surface area contributed by atoms with Gasteiger partial charge in [-0.1, -0.05) is 0 Å². The molecule has 1 atom stereocenters. The van der Waals surface area contributed by atoms with Crippen LogP contribution in [0.15, 0.2) is 14.3 Å². The first-order valence-corrected chi connectivity index (χ1v) is 7.25. The number of hydrogen-bond acceptors (Lipinski definition) is 3. The Balaban J connectivity index is 2.35. The fourth-order valence-electron chi connectivity index (χ4n) is 1.28. The number of carboxylic acid groups (broad SMARTS) is 1. The first kappa shape index (κ1) is 14.2. The Bertz CT molecular complexity index is 345. The minimum Gasteiger partial charge on any atom is -0.481 e. The number of aliphatic hydroxyl groups is 1. The van der Waals surface area contributed by atoms with Crippen LogP contribution >= 0.6 is 43.2 Å². The standard InChI is InChI=1S/C10H12Br2O3S/c11-6-5-8(16-10(6)12)7(13)3-1-2-4-9(14)15/h5,7,13H,1-4H2,(H,14,15). The van der Waals surface area contributed by atoms with E-state index in [-0.39, 0.29) is 6.42 Å². The molecular weight excluding hydrogens is 360 g/mol. The Labute approximate surface area is 115 Å². The predicted octanol–water partition coefficient (Wildman–Crippen LogP) is 3.95. The van der Waals surface area contributed by atoms with Crippen LogP contribution in [-0.4, -0.2) is 16.2 Å². The maximum atomic E-state index is 10.3. The summed E-state index contributed by atoms with van der Waals surface area (Å²) in [6.07, 6.45) is 1.61. The number of carboxylic acids is 1. The van der Waals surface area contributed by atoms with Gasteiger partial charge >= 0.3 is 5.97 Å². The van der Waals surface area contributed by atoms with Gasteiger partial charge in [-0.25, -0.2) is 0 Å². The molecule has 1 rings (SSSR count). The van der Waals surface area contributed by atoms with Crippen molar-refractivity contribution in [1.82, 2.24) is 0 Å². The minimum absolute atomic E-state index is 0.171. The van der Waals surface area contributed by atoms with E-state index in [2.05, 4.69) is 31.9 Å². The lowest BCUT2D eigenvalue weighted by Crippen LogP contribution is -1.97. The molecule has 0 aliphatic heterocycles. The minimum atomic E-state index is -0.781. The molecular formula is C10H12Br2O3S. The van der Waals surface area contributed by atoms with Crippen LogP contribution in [-0.2, 0) is 4.79 Å². The van der Waals surface area contributed by atoms with Crippen molar-refractivity contribution in [2.24, 2.45) is 0 Å². The Morgan fingerprint density at radius 1 is 1.44 bits per heavy atom. The first-order chi connectivity index (χ1) is 7.50. The highest BCUT2D eigenvalue weighted by atomic mass is 79.9. The van der Waals surface area contributed by atoms with E-state index in [0.717, 1.165) is 19.6 Å². The van der Waals surface area contributed by atoms with Crippen LogP contribution in [0.25, 0.3) is 0 Å². The Hall–Kier alpha value is 0.0900. The number of aliphatic hydroxyl groups excluding tert-OH is 1. The highest BCUT2D eigenvalue weighted by Crippen LogP contribution is 2.36. The van der Waals surface area contributed by atoms with E-state index in [0.29, 0.717) is 12.8 Å². The van der Waals surface area contributed by atoms with Gasteiger partial charge in [0.05, 0.1) is 9.89 Å². The van der Waals surface area contributed by atoms with E-state index < -0.39 is 12.1 Å². The third-order valence-electron chi connectivity index (χ3n) is 2.11. The zero-order valence-electron chi connectivity index (χ0n) is 8.45. The Morgan fingerprint density at radius 2 is 2.12 bits per heavy atom. The van der Waals surface area contributed by atoms with Crippen molar-refractivity contribution in [2.75, 3.05) is 0 Å². The molecule has 0 saturated heterocycles. The largest absolute Gasteiger partial charge is 0.481 e. The summed E-state index contributed by atoms with van der Waals surface area (Å²) in [7, 11) is 0. The topological polar surface area (TPSA) is 57.5 Å². The van der Waals surface area contributed by atoms with E-state index in [1.54, 1.807) is 0 Å². The molecule has 1 heterocycles. The summed E-state index contributed by atoms with van der Waals surface area (Å²) in [5.41, 5.74) is 0. The van der Waals surface area contributed by atoms with Gasteiger partial charge in [0.2, 0.25) is 0 Å². The molecule has 0 amide bonds. The van der Waals surface area contributed by atoms with Crippen molar-refractivity contribution >= 4 is 49.2 Å². The maximum absolute atomic E-state index is 10.3. The quantitative estimate of drug-likeness (QED) is 0.744. The second kappa shape index (κ2) is 6.74. The van der Waals surface area contributed by atoms with Gasteiger partial charge in [-0.05, 0) is 57.2 Å². The van der Waals surface area contributed by atoms with Gasteiger partial charge < -0.3 is 10.2 Å². The van der Waals surface area contributed by atoms with Gasteiger partial charge in [0, 0.05) is 15.8 Å². The average Bonchev–Trinajstić information content (AvgIpc) is 2.54. The van der Waals surface area contributed by atoms with Gasteiger partial charge in [0.1, 0.15) is 0 Å². The summed E-state index contributed by atoms with van der Waals surface area (Å²) in [5, 5.41) is 18.3. The monoisotopic (exact) mass is 370 g/mol. The second-order valence-electron chi connectivity index (χ2n) is 3.43. The highest BCUT2D eigenvalue weighted by molar-refractivity contribution is 9.13. The van der Waals surface area contributed by atoms with Gasteiger partial charge in [0.15, 0.2) is 0 Å². The number of aliphatic carboxylic acids is 1. The normalized spacial score (nSPS) is 12.7. The number of unbranched alkanes of at least 4 members (excludes halogenated alkanes) is 1. The van der Waals surface area contributed by atoms with Crippen LogP contribution in [0.3, 0.4) is 0 Å². The molecule has 0 fully saturated rings. The van der Waals surface area contributed by atoms with Crippen LogP contribution in [0.4, 0.5) is 0 Å². The summed E-state index contributed by atoms with van der Waals surface area (Å²) in [6.45, 7) is 0. The number of hydrogen-bond donors (Lipinski definition) is 2. The van der Waals surface area contributed by atoms with E-state index in [1.165, 1.54) is 11.3 Å². The zero-order valence-corrected chi connectivity index (χ0v) is 12.4. The van der Waals surface area contributed by atoms with Crippen molar-refractivity contribution in [1.29, 1.82) is 0 Å². The van der Waals surface area contributed by atoms with Crippen LogP contribution in [0.1, 0.15) is 36.7 Å². The van der Waals surface area contributed by atoms with Crippen LogP contribution in [0.5, 0.6) is 0 Å². The lowest BCUT2D eigenvalue weighted by atomic mass is 10.1.